The van der Waals surface area contributed by atoms with Crippen LogP contribution in [0, 0.1) is 5.82 Å². The smallest absolute Gasteiger partial charge is 0.338 e. The first-order valence-corrected chi connectivity index (χ1v) is 16.4. The predicted octanol–water partition coefficient (Wildman–Crippen LogP) is 6.08. The maximum atomic E-state index is 14.2. The van der Waals surface area contributed by atoms with E-state index in [1.807, 2.05) is 19.9 Å². The molecule has 1 aliphatic rings. The summed E-state index contributed by atoms with van der Waals surface area (Å²) in [6.45, 7) is 7.44. The zero-order valence-corrected chi connectivity index (χ0v) is 29.2. The molecule has 0 amide bonds. The molecule has 0 fully saturated rings. The van der Waals surface area contributed by atoms with E-state index in [1.165, 1.54) is 36.2 Å². The lowest BCUT2D eigenvalue weighted by Gasteiger charge is -2.25. The van der Waals surface area contributed by atoms with Crippen molar-refractivity contribution < 1.29 is 32.9 Å². The van der Waals surface area contributed by atoms with Crippen molar-refractivity contribution in [2.75, 3.05) is 20.8 Å². The van der Waals surface area contributed by atoms with Crippen molar-refractivity contribution >= 4 is 39.3 Å². The summed E-state index contributed by atoms with van der Waals surface area (Å²) in [7, 11) is 3.04. The van der Waals surface area contributed by atoms with Crippen LogP contribution in [0.3, 0.4) is 0 Å². The number of esters is 1. The van der Waals surface area contributed by atoms with Crippen LogP contribution in [0.5, 0.6) is 23.0 Å². The Morgan fingerprint density at radius 1 is 1.09 bits per heavy atom. The number of aromatic nitrogens is 1. The van der Waals surface area contributed by atoms with Gasteiger partial charge in [-0.05, 0) is 91.2 Å². The highest BCUT2D eigenvalue weighted by atomic mass is 79.9. The molecule has 3 aromatic carbocycles. The quantitative estimate of drug-likeness (QED) is 0.173. The van der Waals surface area contributed by atoms with Crippen molar-refractivity contribution in [1.82, 2.24) is 4.57 Å². The van der Waals surface area contributed by atoms with Crippen molar-refractivity contribution in [2.24, 2.45) is 4.99 Å². The molecule has 12 heteroatoms. The van der Waals surface area contributed by atoms with E-state index >= 15 is 0 Å². The molecule has 0 saturated carbocycles. The van der Waals surface area contributed by atoms with Crippen LogP contribution < -0.4 is 33.8 Å². The fourth-order valence-electron chi connectivity index (χ4n) is 5.19. The van der Waals surface area contributed by atoms with Gasteiger partial charge in [0, 0.05) is 5.56 Å². The third-order valence-electron chi connectivity index (χ3n) is 7.26. The molecule has 0 saturated heterocycles. The molecule has 0 radical (unpaired) electrons. The molecule has 1 aromatic heterocycles. The first-order chi connectivity index (χ1) is 22.6. The Morgan fingerprint density at radius 3 is 2.51 bits per heavy atom. The third kappa shape index (κ3) is 7.13. The lowest BCUT2D eigenvalue weighted by Crippen LogP contribution is -2.40. The normalized spacial score (nSPS) is 14.5. The van der Waals surface area contributed by atoms with Crippen molar-refractivity contribution in [1.29, 1.82) is 0 Å². The Hall–Kier alpha value is -4.42. The second kappa shape index (κ2) is 14.6. The molecule has 4 aromatic rings. The summed E-state index contributed by atoms with van der Waals surface area (Å²) in [6.07, 6.45) is 1.63. The van der Waals surface area contributed by atoms with Gasteiger partial charge in [-0.15, -0.1) is 0 Å². The second-order valence-corrected chi connectivity index (χ2v) is 12.7. The lowest BCUT2D eigenvalue weighted by molar-refractivity contribution is -0.139. The van der Waals surface area contributed by atoms with E-state index in [9.17, 15) is 14.0 Å². The van der Waals surface area contributed by atoms with Gasteiger partial charge in [0.05, 0.1) is 53.2 Å². The van der Waals surface area contributed by atoms with Gasteiger partial charge in [-0.25, -0.2) is 14.2 Å². The van der Waals surface area contributed by atoms with E-state index in [0.717, 1.165) is 0 Å². The van der Waals surface area contributed by atoms with E-state index in [-0.39, 0.29) is 36.3 Å². The molecular formula is C35H34BrFN2O7S. The molecule has 2 heterocycles. The van der Waals surface area contributed by atoms with Crippen LogP contribution in [0.1, 0.15) is 50.4 Å². The van der Waals surface area contributed by atoms with Crippen molar-refractivity contribution in [3.8, 4) is 23.0 Å². The van der Waals surface area contributed by atoms with Crippen LogP contribution in [0.4, 0.5) is 4.39 Å². The maximum absolute atomic E-state index is 14.2. The number of hydrogen-bond acceptors (Lipinski definition) is 9. The van der Waals surface area contributed by atoms with Gasteiger partial charge in [0.25, 0.3) is 5.56 Å². The summed E-state index contributed by atoms with van der Waals surface area (Å²) < 4.78 is 45.1. The molecule has 0 N–H and O–H groups in total. The summed E-state index contributed by atoms with van der Waals surface area (Å²) in [5.41, 5.74) is 2.04. The molecule has 1 atom stereocenters. The number of hydrogen-bond donors (Lipinski definition) is 0. The molecule has 1 aliphatic heterocycles. The number of halogens is 2. The maximum Gasteiger partial charge on any atom is 0.338 e. The number of carbonyl (C=O) groups is 1. The van der Waals surface area contributed by atoms with Crippen LogP contribution in [0.15, 0.2) is 80.1 Å². The van der Waals surface area contributed by atoms with E-state index in [4.69, 9.17) is 23.7 Å². The Balaban J connectivity index is 1.60. The highest BCUT2D eigenvalue weighted by molar-refractivity contribution is 9.10. The molecular weight excluding hydrogens is 691 g/mol. The van der Waals surface area contributed by atoms with Gasteiger partial charge in [0.1, 0.15) is 12.4 Å². The van der Waals surface area contributed by atoms with Crippen LogP contribution in [0.2, 0.25) is 0 Å². The predicted molar refractivity (Wildman–Crippen MR) is 181 cm³/mol. The molecule has 0 unspecified atom stereocenters. The highest BCUT2D eigenvalue weighted by Gasteiger charge is 2.34. The van der Waals surface area contributed by atoms with E-state index in [0.29, 0.717) is 59.2 Å². The number of allylic oxidation sites excluding steroid dienone is 1. The Kier molecular flexibility index (Phi) is 10.5. The van der Waals surface area contributed by atoms with Gasteiger partial charge >= 0.3 is 5.97 Å². The monoisotopic (exact) mass is 724 g/mol. The van der Waals surface area contributed by atoms with Crippen LogP contribution in [-0.4, -0.2) is 37.5 Å². The first kappa shape index (κ1) is 33.9. The minimum Gasteiger partial charge on any atom is -0.493 e. The van der Waals surface area contributed by atoms with E-state index in [2.05, 4.69) is 20.9 Å². The van der Waals surface area contributed by atoms with E-state index < -0.39 is 12.0 Å². The second-order valence-electron chi connectivity index (χ2n) is 10.8. The van der Waals surface area contributed by atoms with Gasteiger partial charge < -0.3 is 23.7 Å². The lowest BCUT2D eigenvalue weighted by atomic mass is 9.95. The van der Waals surface area contributed by atoms with Crippen LogP contribution in [0.25, 0.3) is 6.08 Å². The van der Waals surface area contributed by atoms with Gasteiger partial charge in [-0.2, -0.15) is 0 Å². The van der Waals surface area contributed by atoms with Crippen molar-refractivity contribution in [3.05, 3.63) is 113 Å². The standard InChI is InChI=1S/C35H34BrFN2O7S/c1-7-44-34(41)30-20(4)38-35-39(31(30)22-12-13-26(46-19(2)3)27(17-22)42-5)33(40)29(47-35)16-21-14-24(36)32(28(15-21)43-6)45-18-23-10-8-9-11-25(23)37/h8-17,19,31H,7,18H2,1-6H3/b29-16-/t31-/m0/s1. The topological polar surface area (TPSA) is 97.6 Å². The number of carbonyl (C=O) groups excluding carboxylic acids is 1. The Labute approximate surface area is 283 Å². The fraction of sp³-hybridized carbons (Fsp3) is 0.286. The van der Waals surface area contributed by atoms with Crippen LogP contribution >= 0.6 is 27.3 Å². The number of nitrogens with zero attached hydrogens (tertiary/aromatic N) is 2. The molecule has 0 bridgehead atoms. The summed E-state index contributed by atoms with van der Waals surface area (Å²) in [5.74, 6) is 0.858. The number of thiazole rings is 1. The molecule has 246 valence electrons. The van der Waals surface area contributed by atoms with Gasteiger partial charge in [0.15, 0.2) is 27.8 Å². The summed E-state index contributed by atoms with van der Waals surface area (Å²) in [5, 5.41) is 0. The molecule has 47 heavy (non-hydrogen) atoms. The minimum atomic E-state index is -0.829. The summed E-state index contributed by atoms with van der Waals surface area (Å²) in [4.78, 5) is 32.5. The van der Waals surface area contributed by atoms with Gasteiger partial charge in [-0.1, -0.05) is 35.6 Å². The summed E-state index contributed by atoms with van der Waals surface area (Å²) in [6, 6.07) is 14.4. The van der Waals surface area contributed by atoms with Gasteiger partial charge in [-0.3, -0.25) is 9.36 Å². The number of fused-ring (bicyclic) bond motifs is 1. The van der Waals surface area contributed by atoms with Crippen LogP contribution in [-0.2, 0) is 16.1 Å². The zero-order valence-electron chi connectivity index (χ0n) is 26.8. The minimum absolute atomic E-state index is 0.00289. The zero-order chi connectivity index (χ0) is 33.8. The first-order valence-electron chi connectivity index (χ1n) is 14.8. The SMILES string of the molecule is CCOC(=O)C1=C(C)N=c2s/c(=C\c3cc(Br)c(OCc4ccccc4F)c(OC)c3)c(=O)n2[C@H]1c1ccc(OC(C)C)c(OC)c1. The Morgan fingerprint density at radius 2 is 1.83 bits per heavy atom. The van der Waals surface area contributed by atoms with Crippen molar-refractivity contribution in [3.63, 3.8) is 0 Å². The fourth-order valence-corrected chi connectivity index (χ4v) is 6.81. The number of ether oxygens (including phenoxy) is 5. The van der Waals surface area contributed by atoms with Crippen molar-refractivity contribution in [2.45, 2.75) is 46.4 Å². The largest absolute Gasteiger partial charge is 0.493 e. The molecule has 0 spiro atoms. The number of benzene rings is 3. The molecule has 5 rings (SSSR count). The third-order valence-corrected chi connectivity index (χ3v) is 8.83. The molecule has 0 aliphatic carbocycles. The van der Waals surface area contributed by atoms with E-state index in [1.54, 1.807) is 62.4 Å². The average Bonchev–Trinajstić information content (AvgIpc) is 3.33. The Bertz CT molecular complexity index is 2040. The van der Waals surface area contributed by atoms with Gasteiger partial charge in [0.2, 0.25) is 0 Å². The molecule has 9 nitrogen and oxygen atoms in total. The highest BCUT2D eigenvalue weighted by Crippen LogP contribution is 2.38. The average molecular weight is 726 g/mol. The number of rotatable bonds is 11. The number of methoxy groups -OCH3 is 2. The summed E-state index contributed by atoms with van der Waals surface area (Å²) >= 11 is 4.74.